The van der Waals surface area contributed by atoms with Crippen LogP contribution in [0.1, 0.15) is 16.8 Å². The number of thioether (sulfide) groups is 1. The van der Waals surface area contributed by atoms with Crippen molar-refractivity contribution in [2.75, 3.05) is 7.11 Å². The second-order valence-electron chi connectivity index (χ2n) is 6.12. The number of ether oxygens (including phenoxy) is 2. The van der Waals surface area contributed by atoms with Gasteiger partial charge < -0.3 is 9.47 Å². The summed E-state index contributed by atoms with van der Waals surface area (Å²) in [7, 11) is 1.50. The monoisotopic (exact) mass is 415 g/mol. The first-order valence-corrected chi connectivity index (χ1v) is 9.72. The Labute approximate surface area is 170 Å². The minimum absolute atomic E-state index is 0.225. The molecule has 1 aliphatic rings. The molecule has 1 aliphatic heterocycles. The Bertz CT molecular complexity index is 1080. The van der Waals surface area contributed by atoms with Gasteiger partial charge in [0, 0.05) is 22.9 Å². The minimum Gasteiger partial charge on any atom is -0.494 e. The Morgan fingerprint density at radius 3 is 2.86 bits per heavy atom. The molecule has 0 aliphatic carbocycles. The lowest BCUT2D eigenvalue weighted by molar-refractivity contribution is 0.0739. The molecule has 4 rings (SSSR count). The number of hydrogen-bond donors (Lipinski definition) is 0. The summed E-state index contributed by atoms with van der Waals surface area (Å²) in [5.74, 6) is -0.141. The molecule has 2 heterocycles. The summed E-state index contributed by atoms with van der Waals surface area (Å²) in [6.45, 7) is 0. The van der Waals surface area contributed by atoms with Gasteiger partial charge in [0.05, 0.1) is 17.7 Å². The number of Topliss-reactive ketones (excluding diaryl/α,β-unsaturated/α-hetero) is 1. The van der Waals surface area contributed by atoms with Crippen LogP contribution < -0.4 is 4.74 Å². The van der Waals surface area contributed by atoms with Gasteiger partial charge in [0.25, 0.3) is 0 Å². The third kappa shape index (κ3) is 3.57. The van der Waals surface area contributed by atoms with Crippen LogP contribution in [0.2, 0.25) is 5.02 Å². The lowest BCUT2D eigenvalue weighted by atomic mass is 10.0. The average molecular weight is 416 g/mol. The quantitative estimate of drug-likeness (QED) is 0.504. The first-order valence-electron chi connectivity index (χ1n) is 8.52. The van der Waals surface area contributed by atoms with Crippen LogP contribution in [0, 0.1) is 5.82 Å². The SMILES string of the molecule is COc1c(C(=O)C2CC=C(Sc3ccc(F)cc3)O2)cc(Cl)c2cccnc12. The van der Waals surface area contributed by atoms with Gasteiger partial charge in [0.2, 0.25) is 5.78 Å². The van der Waals surface area contributed by atoms with Crippen LogP contribution in [0.3, 0.4) is 0 Å². The van der Waals surface area contributed by atoms with Crippen molar-refractivity contribution >= 4 is 40.0 Å². The van der Waals surface area contributed by atoms with E-state index in [0.29, 0.717) is 33.4 Å². The summed E-state index contributed by atoms with van der Waals surface area (Å²) >= 11 is 7.70. The van der Waals surface area contributed by atoms with Gasteiger partial charge >= 0.3 is 0 Å². The smallest absolute Gasteiger partial charge is 0.207 e. The van der Waals surface area contributed by atoms with Gasteiger partial charge in [-0.2, -0.15) is 0 Å². The summed E-state index contributed by atoms with van der Waals surface area (Å²) in [4.78, 5) is 18.2. The van der Waals surface area contributed by atoms with E-state index in [9.17, 15) is 9.18 Å². The van der Waals surface area contributed by atoms with Crippen molar-refractivity contribution in [3.8, 4) is 5.75 Å². The van der Waals surface area contributed by atoms with E-state index in [0.717, 1.165) is 10.3 Å². The van der Waals surface area contributed by atoms with Crippen LogP contribution >= 0.6 is 23.4 Å². The van der Waals surface area contributed by atoms with Crippen LogP contribution in [0.4, 0.5) is 4.39 Å². The van der Waals surface area contributed by atoms with E-state index in [1.807, 2.05) is 12.1 Å². The summed E-state index contributed by atoms with van der Waals surface area (Å²) in [6.07, 6.45) is 3.24. The molecule has 1 unspecified atom stereocenters. The van der Waals surface area contributed by atoms with Gasteiger partial charge in [0.1, 0.15) is 11.3 Å². The van der Waals surface area contributed by atoms with Crippen molar-refractivity contribution < 1.29 is 18.7 Å². The summed E-state index contributed by atoms with van der Waals surface area (Å²) in [6, 6.07) is 11.3. The van der Waals surface area contributed by atoms with Crippen molar-refractivity contribution in [1.29, 1.82) is 0 Å². The van der Waals surface area contributed by atoms with Crippen LogP contribution in [0.15, 0.2) is 64.7 Å². The molecule has 142 valence electrons. The number of benzene rings is 2. The molecule has 0 saturated carbocycles. The molecule has 4 nitrogen and oxygen atoms in total. The van der Waals surface area contributed by atoms with Crippen molar-refractivity contribution in [2.45, 2.75) is 17.4 Å². The lowest BCUT2D eigenvalue weighted by Gasteiger charge is -2.16. The number of aromatic nitrogens is 1. The third-order valence-electron chi connectivity index (χ3n) is 4.35. The maximum Gasteiger partial charge on any atom is 0.207 e. The Morgan fingerprint density at radius 2 is 2.11 bits per heavy atom. The van der Waals surface area contributed by atoms with Gasteiger partial charge in [-0.3, -0.25) is 9.78 Å². The Balaban J connectivity index is 1.57. The second kappa shape index (κ2) is 7.81. The fourth-order valence-electron chi connectivity index (χ4n) is 3.02. The number of pyridine rings is 1. The molecule has 0 fully saturated rings. The molecule has 0 amide bonds. The highest BCUT2D eigenvalue weighted by Crippen LogP contribution is 2.38. The van der Waals surface area contributed by atoms with Gasteiger partial charge in [0.15, 0.2) is 16.9 Å². The van der Waals surface area contributed by atoms with E-state index in [2.05, 4.69) is 4.98 Å². The molecule has 0 saturated heterocycles. The number of carbonyl (C=O) groups is 1. The highest BCUT2D eigenvalue weighted by Gasteiger charge is 2.30. The van der Waals surface area contributed by atoms with Crippen molar-refractivity contribution in [3.05, 3.63) is 76.2 Å². The first-order chi connectivity index (χ1) is 13.6. The van der Waals surface area contributed by atoms with Crippen LogP contribution in [-0.2, 0) is 4.74 Å². The number of rotatable bonds is 5. The predicted molar refractivity (Wildman–Crippen MR) is 107 cm³/mol. The molecule has 0 bridgehead atoms. The number of halogens is 2. The van der Waals surface area contributed by atoms with Crippen LogP contribution in [-0.4, -0.2) is 24.0 Å². The van der Waals surface area contributed by atoms with E-state index in [1.165, 1.54) is 31.0 Å². The zero-order chi connectivity index (χ0) is 19.7. The van der Waals surface area contributed by atoms with E-state index >= 15 is 0 Å². The molecule has 0 N–H and O–H groups in total. The van der Waals surface area contributed by atoms with E-state index in [-0.39, 0.29) is 11.6 Å². The zero-order valence-corrected chi connectivity index (χ0v) is 16.4. The molecule has 0 spiro atoms. The maximum atomic E-state index is 13.1. The van der Waals surface area contributed by atoms with Gasteiger partial charge in [-0.05, 0) is 48.5 Å². The number of fused-ring (bicyclic) bond motifs is 1. The highest BCUT2D eigenvalue weighted by atomic mass is 35.5. The van der Waals surface area contributed by atoms with E-state index < -0.39 is 6.10 Å². The lowest BCUT2D eigenvalue weighted by Crippen LogP contribution is -2.21. The van der Waals surface area contributed by atoms with Crippen LogP contribution in [0.25, 0.3) is 10.9 Å². The van der Waals surface area contributed by atoms with E-state index in [4.69, 9.17) is 21.1 Å². The van der Waals surface area contributed by atoms with Crippen LogP contribution in [0.5, 0.6) is 5.75 Å². The molecule has 0 radical (unpaired) electrons. The molecule has 2 aromatic carbocycles. The largest absolute Gasteiger partial charge is 0.494 e. The van der Waals surface area contributed by atoms with Gasteiger partial charge in [-0.25, -0.2) is 4.39 Å². The summed E-state index contributed by atoms with van der Waals surface area (Å²) in [5, 5.41) is 1.75. The maximum absolute atomic E-state index is 13.1. The normalized spacial score (nSPS) is 16.0. The highest BCUT2D eigenvalue weighted by molar-refractivity contribution is 8.02. The zero-order valence-electron chi connectivity index (χ0n) is 14.8. The molecule has 3 aromatic rings. The van der Waals surface area contributed by atoms with Gasteiger partial charge in [-0.1, -0.05) is 23.4 Å². The number of nitrogens with zero attached hydrogens (tertiary/aromatic N) is 1. The van der Waals surface area contributed by atoms with E-state index in [1.54, 1.807) is 30.5 Å². The Morgan fingerprint density at radius 1 is 1.32 bits per heavy atom. The van der Waals surface area contributed by atoms with Crippen molar-refractivity contribution in [3.63, 3.8) is 0 Å². The summed E-state index contributed by atoms with van der Waals surface area (Å²) in [5.41, 5.74) is 0.873. The van der Waals surface area contributed by atoms with Gasteiger partial charge in [-0.15, -0.1) is 0 Å². The number of carbonyl (C=O) groups excluding carboxylic acids is 1. The minimum atomic E-state index is -0.672. The predicted octanol–water partition coefficient (Wildman–Crippen LogP) is 5.64. The molecular formula is C21H15ClFNO3S. The first kappa shape index (κ1) is 18.8. The molecule has 28 heavy (non-hydrogen) atoms. The fourth-order valence-corrected chi connectivity index (χ4v) is 4.13. The third-order valence-corrected chi connectivity index (χ3v) is 5.63. The second-order valence-corrected chi connectivity index (χ2v) is 7.61. The number of hydrogen-bond acceptors (Lipinski definition) is 5. The summed E-state index contributed by atoms with van der Waals surface area (Å²) < 4.78 is 24.3. The van der Waals surface area contributed by atoms with Crippen molar-refractivity contribution in [2.24, 2.45) is 0 Å². The fraction of sp³-hybridized carbons (Fsp3) is 0.143. The Kier molecular flexibility index (Phi) is 5.24. The molecular weight excluding hydrogens is 401 g/mol. The number of ketones is 1. The topological polar surface area (TPSA) is 48.4 Å². The molecule has 1 atom stereocenters. The standard InChI is InChI=1S/C21H15ClFNO3S/c1-26-21-15(11-16(22)14-3-2-10-24-19(14)21)20(25)17-8-9-18(27-17)28-13-6-4-12(23)5-7-13/h2-7,9-11,17H,8H2,1H3. The number of methoxy groups -OCH3 is 1. The van der Waals surface area contributed by atoms with Crippen molar-refractivity contribution in [1.82, 2.24) is 4.98 Å². The molecule has 1 aromatic heterocycles. The average Bonchev–Trinajstić information content (AvgIpc) is 3.17. The molecule has 7 heteroatoms. The Hall–Kier alpha value is -2.57.